The molecule has 112 valence electrons. The smallest absolute Gasteiger partial charge is 0.331 e. The van der Waals surface area contributed by atoms with Crippen LogP contribution < -0.4 is 0 Å². The van der Waals surface area contributed by atoms with Gasteiger partial charge in [0.15, 0.2) is 0 Å². The molecule has 0 saturated heterocycles. The van der Waals surface area contributed by atoms with Crippen LogP contribution in [0.1, 0.15) is 45.1 Å². The fourth-order valence-electron chi connectivity index (χ4n) is 2.83. The summed E-state index contributed by atoms with van der Waals surface area (Å²) in [4.78, 5) is 12.0. The molecule has 2 rings (SSSR count). The topological polar surface area (TPSA) is 26.3 Å². The normalized spacial score (nSPS) is 25.7. The molecule has 1 aliphatic carbocycles. The third kappa shape index (κ3) is 4.59. The number of rotatable bonds is 4. The number of carbonyl (C=O) groups is 1. The molecule has 0 amide bonds. The third-order valence-electron chi connectivity index (χ3n) is 4.30. The van der Waals surface area contributed by atoms with Crippen LogP contribution in [0, 0.1) is 5.92 Å². The Morgan fingerprint density at radius 3 is 2.48 bits per heavy atom. The number of hydrogen-bond acceptors (Lipinski definition) is 2. The molecule has 0 radical (unpaired) electrons. The molecule has 0 atom stereocenters. The summed E-state index contributed by atoms with van der Waals surface area (Å²) in [6, 6.07) is 9.78. The van der Waals surface area contributed by atoms with E-state index in [1.807, 2.05) is 37.3 Å². The highest BCUT2D eigenvalue weighted by Crippen LogP contribution is 2.37. The SMILES string of the molecule is C=C(C)C1CCC(C)(OC(=O)C=Cc2ccccc2)CC1. The van der Waals surface area contributed by atoms with Gasteiger partial charge in [0.05, 0.1) is 0 Å². The van der Waals surface area contributed by atoms with Crippen molar-refractivity contribution < 1.29 is 9.53 Å². The van der Waals surface area contributed by atoms with Crippen LogP contribution in [0.2, 0.25) is 0 Å². The van der Waals surface area contributed by atoms with Gasteiger partial charge in [0.25, 0.3) is 0 Å². The molecule has 0 N–H and O–H groups in total. The summed E-state index contributed by atoms with van der Waals surface area (Å²) in [5.74, 6) is 0.326. The number of hydrogen-bond donors (Lipinski definition) is 0. The van der Waals surface area contributed by atoms with E-state index in [2.05, 4.69) is 13.5 Å². The summed E-state index contributed by atoms with van der Waals surface area (Å²) >= 11 is 0. The maximum absolute atomic E-state index is 12.0. The minimum atomic E-state index is -0.329. The molecule has 1 fully saturated rings. The molecule has 0 bridgehead atoms. The van der Waals surface area contributed by atoms with Crippen molar-refractivity contribution in [1.82, 2.24) is 0 Å². The van der Waals surface area contributed by atoms with Crippen LogP contribution in [0.15, 0.2) is 48.6 Å². The molecule has 21 heavy (non-hydrogen) atoms. The van der Waals surface area contributed by atoms with E-state index >= 15 is 0 Å². The zero-order chi connectivity index (χ0) is 15.3. The minimum absolute atomic E-state index is 0.255. The predicted octanol–water partition coefficient (Wildman–Crippen LogP) is 4.77. The molecular weight excluding hydrogens is 260 g/mol. The second-order valence-corrected chi connectivity index (χ2v) is 6.24. The molecule has 0 spiro atoms. The molecular formula is C19H24O2. The van der Waals surface area contributed by atoms with Crippen molar-refractivity contribution in [2.45, 2.75) is 45.1 Å². The monoisotopic (exact) mass is 284 g/mol. The first-order valence-corrected chi connectivity index (χ1v) is 7.60. The Balaban J connectivity index is 1.88. The molecule has 0 unspecified atom stereocenters. The molecule has 2 heteroatoms. The number of esters is 1. The van der Waals surface area contributed by atoms with Gasteiger partial charge in [-0.15, -0.1) is 0 Å². The van der Waals surface area contributed by atoms with Gasteiger partial charge in [-0.2, -0.15) is 0 Å². The lowest BCUT2D eigenvalue weighted by atomic mass is 9.77. The standard InChI is InChI=1S/C19H24O2/c1-15(2)17-11-13-19(3,14-12-17)21-18(20)10-9-16-7-5-4-6-8-16/h4-10,17H,1,11-14H2,2-3H3. The van der Waals surface area contributed by atoms with Gasteiger partial charge in [-0.1, -0.05) is 42.5 Å². The molecule has 0 aliphatic heterocycles. The van der Waals surface area contributed by atoms with Crippen molar-refractivity contribution in [3.63, 3.8) is 0 Å². The average molecular weight is 284 g/mol. The molecule has 1 aliphatic rings. The van der Waals surface area contributed by atoms with Gasteiger partial charge < -0.3 is 4.74 Å². The largest absolute Gasteiger partial charge is 0.456 e. The zero-order valence-corrected chi connectivity index (χ0v) is 13.0. The van der Waals surface area contributed by atoms with Crippen molar-refractivity contribution in [2.75, 3.05) is 0 Å². The van der Waals surface area contributed by atoms with Crippen LogP contribution in [-0.4, -0.2) is 11.6 Å². The minimum Gasteiger partial charge on any atom is -0.456 e. The summed E-state index contributed by atoms with van der Waals surface area (Å²) in [5, 5.41) is 0. The second-order valence-electron chi connectivity index (χ2n) is 6.24. The summed E-state index contributed by atoms with van der Waals surface area (Å²) < 4.78 is 5.67. The van der Waals surface area contributed by atoms with E-state index in [1.54, 1.807) is 6.08 Å². The Kier molecular flexibility index (Phi) is 5.00. The molecule has 2 nitrogen and oxygen atoms in total. The van der Waals surface area contributed by atoms with Gasteiger partial charge in [0.2, 0.25) is 0 Å². The first-order chi connectivity index (χ1) is 9.98. The summed E-state index contributed by atoms with van der Waals surface area (Å²) in [6.45, 7) is 8.15. The molecule has 1 aromatic carbocycles. The van der Waals surface area contributed by atoms with E-state index in [4.69, 9.17) is 4.74 Å². The Morgan fingerprint density at radius 2 is 1.90 bits per heavy atom. The molecule has 1 aromatic rings. The number of carbonyl (C=O) groups excluding carboxylic acids is 1. The van der Waals surface area contributed by atoms with Crippen molar-refractivity contribution >= 4 is 12.0 Å². The second kappa shape index (κ2) is 6.75. The fraction of sp³-hybridized carbons (Fsp3) is 0.421. The van der Waals surface area contributed by atoms with Crippen LogP contribution in [0.5, 0.6) is 0 Å². The van der Waals surface area contributed by atoms with Gasteiger partial charge in [-0.3, -0.25) is 0 Å². The molecule has 0 aromatic heterocycles. The highest BCUT2D eigenvalue weighted by atomic mass is 16.6. The maximum atomic E-state index is 12.0. The highest BCUT2D eigenvalue weighted by molar-refractivity contribution is 5.87. The number of benzene rings is 1. The number of allylic oxidation sites excluding steroid dienone is 1. The first kappa shape index (κ1) is 15.6. The van der Waals surface area contributed by atoms with Gasteiger partial charge in [0.1, 0.15) is 5.60 Å². The summed E-state index contributed by atoms with van der Waals surface area (Å²) in [6.07, 6.45) is 7.25. The first-order valence-electron chi connectivity index (χ1n) is 7.60. The Morgan fingerprint density at radius 1 is 1.29 bits per heavy atom. The highest BCUT2D eigenvalue weighted by Gasteiger charge is 2.34. The lowest BCUT2D eigenvalue weighted by Gasteiger charge is -2.36. The van der Waals surface area contributed by atoms with Gasteiger partial charge in [-0.05, 0) is 57.1 Å². The van der Waals surface area contributed by atoms with Crippen LogP contribution in [0.3, 0.4) is 0 Å². The van der Waals surface area contributed by atoms with Crippen molar-refractivity contribution in [3.8, 4) is 0 Å². The van der Waals surface area contributed by atoms with E-state index in [0.29, 0.717) is 5.92 Å². The molecule has 1 saturated carbocycles. The quantitative estimate of drug-likeness (QED) is 0.452. The van der Waals surface area contributed by atoms with Crippen LogP contribution in [-0.2, 0) is 9.53 Å². The third-order valence-corrected chi connectivity index (χ3v) is 4.30. The number of ether oxygens (including phenoxy) is 1. The average Bonchev–Trinajstić information content (AvgIpc) is 2.46. The van der Waals surface area contributed by atoms with E-state index in [9.17, 15) is 4.79 Å². The van der Waals surface area contributed by atoms with Crippen LogP contribution in [0.25, 0.3) is 6.08 Å². The van der Waals surface area contributed by atoms with E-state index in [1.165, 1.54) is 11.6 Å². The Labute approximate surface area is 127 Å². The van der Waals surface area contributed by atoms with E-state index < -0.39 is 0 Å². The van der Waals surface area contributed by atoms with E-state index in [0.717, 1.165) is 31.2 Å². The summed E-state index contributed by atoms with van der Waals surface area (Å²) in [5.41, 5.74) is 1.92. The van der Waals surface area contributed by atoms with Crippen molar-refractivity contribution in [2.24, 2.45) is 5.92 Å². The van der Waals surface area contributed by atoms with Gasteiger partial charge >= 0.3 is 5.97 Å². The predicted molar refractivity (Wildman–Crippen MR) is 86.7 cm³/mol. The zero-order valence-electron chi connectivity index (χ0n) is 13.0. The fourth-order valence-corrected chi connectivity index (χ4v) is 2.83. The lowest BCUT2D eigenvalue weighted by molar-refractivity contribution is -0.155. The van der Waals surface area contributed by atoms with Crippen molar-refractivity contribution in [3.05, 3.63) is 54.1 Å². The van der Waals surface area contributed by atoms with Gasteiger partial charge in [-0.25, -0.2) is 4.79 Å². The van der Waals surface area contributed by atoms with Crippen LogP contribution in [0.4, 0.5) is 0 Å². The van der Waals surface area contributed by atoms with Crippen molar-refractivity contribution in [1.29, 1.82) is 0 Å². The van der Waals surface area contributed by atoms with Crippen LogP contribution >= 0.6 is 0 Å². The van der Waals surface area contributed by atoms with E-state index in [-0.39, 0.29) is 11.6 Å². The molecule has 0 heterocycles. The lowest BCUT2D eigenvalue weighted by Crippen LogP contribution is -2.35. The Bertz CT molecular complexity index is 520. The van der Waals surface area contributed by atoms with Gasteiger partial charge in [0, 0.05) is 6.08 Å². The Hall–Kier alpha value is -1.83. The maximum Gasteiger partial charge on any atom is 0.331 e. The summed E-state index contributed by atoms with van der Waals surface area (Å²) in [7, 11) is 0.